The van der Waals surface area contributed by atoms with E-state index in [1.807, 2.05) is 7.05 Å². The van der Waals surface area contributed by atoms with Crippen LogP contribution in [0.15, 0.2) is 10.7 Å². The summed E-state index contributed by atoms with van der Waals surface area (Å²) in [5.74, 6) is 0.756. The molecule has 3 heterocycles. The van der Waals surface area contributed by atoms with Gasteiger partial charge in [0.05, 0.1) is 10.7 Å². The van der Waals surface area contributed by atoms with Gasteiger partial charge in [0.15, 0.2) is 5.78 Å². The van der Waals surface area contributed by atoms with Gasteiger partial charge < -0.3 is 5.32 Å². The van der Waals surface area contributed by atoms with Crippen LogP contribution in [0.25, 0.3) is 0 Å². The van der Waals surface area contributed by atoms with Gasteiger partial charge in [-0.2, -0.15) is 5.10 Å². The van der Waals surface area contributed by atoms with Gasteiger partial charge in [0.2, 0.25) is 0 Å². The maximum Gasteiger partial charge on any atom is 0.182 e. The van der Waals surface area contributed by atoms with Crippen LogP contribution in [0.3, 0.4) is 0 Å². The van der Waals surface area contributed by atoms with Crippen molar-refractivity contribution in [1.29, 1.82) is 0 Å². The number of nitrogens with one attached hydrogen (secondary N) is 1. The molecule has 5 heteroatoms. The van der Waals surface area contributed by atoms with Gasteiger partial charge in [0, 0.05) is 25.6 Å². The lowest BCUT2D eigenvalue weighted by atomic mass is 9.87. The summed E-state index contributed by atoms with van der Waals surface area (Å²) in [6.07, 6.45) is 7.22. The molecule has 2 bridgehead atoms. The molecule has 0 saturated carbocycles. The van der Waals surface area contributed by atoms with Crippen LogP contribution >= 0.6 is 15.9 Å². The van der Waals surface area contributed by atoms with Gasteiger partial charge >= 0.3 is 0 Å². The molecule has 0 spiro atoms. The summed E-state index contributed by atoms with van der Waals surface area (Å²) in [6.45, 7) is 0. The number of rotatable bonds is 3. The minimum atomic E-state index is 0.216. The van der Waals surface area contributed by atoms with Gasteiger partial charge in [0.25, 0.3) is 0 Å². The lowest BCUT2D eigenvalue weighted by Crippen LogP contribution is -2.38. The molecule has 0 radical (unpaired) electrons. The van der Waals surface area contributed by atoms with Crippen molar-refractivity contribution < 1.29 is 4.79 Å². The summed E-state index contributed by atoms with van der Waals surface area (Å²) in [7, 11) is 1.82. The second kappa shape index (κ2) is 4.78. The Labute approximate surface area is 115 Å². The summed E-state index contributed by atoms with van der Waals surface area (Å²) >= 11 is 3.40. The molecule has 2 saturated heterocycles. The minimum absolute atomic E-state index is 0.216. The molecule has 2 aliphatic heterocycles. The Morgan fingerprint density at radius 3 is 2.72 bits per heavy atom. The van der Waals surface area contributed by atoms with Crippen LogP contribution < -0.4 is 5.32 Å². The summed E-state index contributed by atoms with van der Waals surface area (Å²) in [5.41, 5.74) is 0.709. The average Bonchev–Trinajstić information content (AvgIpc) is 2.82. The first kappa shape index (κ1) is 12.4. The van der Waals surface area contributed by atoms with Gasteiger partial charge in [-0.15, -0.1) is 0 Å². The van der Waals surface area contributed by atoms with Crippen LogP contribution in [-0.2, 0) is 7.05 Å². The molecule has 1 aromatic rings. The lowest BCUT2D eigenvalue weighted by Gasteiger charge is -2.28. The zero-order valence-electron chi connectivity index (χ0n) is 10.5. The number of fused-ring (bicyclic) bond motifs is 2. The average molecular weight is 312 g/mol. The number of hydrogen-bond acceptors (Lipinski definition) is 3. The third kappa shape index (κ3) is 2.26. The Morgan fingerprint density at radius 1 is 1.50 bits per heavy atom. The largest absolute Gasteiger partial charge is 0.311 e. The number of aromatic nitrogens is 2. The van der Waals surface area contributed by atoms with Gasteiger partial charge in [0.1, 0.15) is 5.69 Å². The van der Waals surface area contributed by atoms with Crippen LogP contribution in [0.1, 0.15) is 42.6 Å². The summed E-state index contributed by atoms with van der Waals surface area (Å²) in [5, 5.41) is 7.72. The van der Waals surface area contributed by atoms with Crippen molar-refractivity contribution in [3.05, 3.63) is 16.4 Å². The highest BCUT2D eigenvalue weighted by Gasteiger charge is 2.34. The Morgan fingerprint density at radius 2 is 2.17 bits per heavy atom. The SMILES string of the molecule is Cn1ncc(Br)c1C(=O)CC1CC2CCC(C1)N2. The topological polar surface area (TPSA) is 46.9 Å². The molecular weight excluding hydrogens is 294 g/mol. The lowest BCUT2D eigenvalue weighted by molar-refractivity contribution is 0.0935. The van der Waals surface area contributed by atoms with Crippen LogP contribution in [0.5, 0.6) is 0 Å². The number of carbonyl (C=O) groups is 1. The quantitative estimate of drug-likeness (QED) is 0.871. The number of nitrogens with zero attached hydrogens (tertiary/aromatic N) is 2. The monoisotopic (exact) mass is 311 g/mol. The first-order valence-corrected chi connectivity index (χ1v) is 7.39. The Hall–Kier alpha value is -0.680. The number of hydrogen-bond donors (Lipinski definition) is 1. The standard InChI is InChI=1S/C13H18BrN3O/c1-17-13(11(14)7-15-17)12(18)6-8-4-9-2-3-10(5-8)16-9/h7-10,16H,2-6H2,1H3. The van der Waals surface area contributed by atoms with E-state index in [0.717, 1.165) is 17.3 Å². The number of ketones is 1. The van der Waals surface area contributed by atoms with Crippen molar-refractivity contribution >= 4 is 21.7 Å². The number of piperidine rings is 1. The van der Waals surface area contributed by atoms with E-state index in [9.17, 15) is 4.79 Å². The van der Waals surface area contributed by atoms with Gasteiger partial charge in [-0.1, -0.05) is 0 Å². The maximum atomic E-state index is 12.3. The van der Waals surface area contributed by atoms with Crippen molar-refractivity contribution in [1.82, 2.24) is 15.1 Å². The minimum Gasteiger partial charge on any atom is -0.311 e. The summed E-state index contributed by atoms with van der Waals surface area (Å²) in [4.78, 5) is 12.3. The highest BCUT2D eigenvalue weighted by Crippen LogP contribution is 2.33. The van der Waals surface area contributed by atoms with Gasteiger partial charge in [-0.3, -0.25) is 9.48 Å². The third-order valence-corrected chi connectivity index (χ3v) is 4.78. The molecule has 3 rings (SSSR count). The number of carbonyl (C=O) groups excluding carboxylic acids is 1. The fraction of sp³-hybridized carbons (Fsp3) is 0.692. The second-order valence-corrected chi connectivity index (χ2v) is 6.42. The summed E-state index contributed by atoms with van der Waals surface area (Å²) in [6, 6.07) is 1.30. The predicted molar refractivity (Wildman–Crippen MR) is 72.5 cm³/mol. The molecule has 2 atom stereocenters. The molecule has 98 valence electrons. The molecule has 0 aromatic carbocycles. The number of aryl methyl sites for hydroxylation is 1. The molecule has 0 amide bonds. The van der Waals surface area contributed by atoms with Crippen molar-refractivity contribution in [2.75, 3.05) is 0 Å². The molecule has 18 heavy (non-hydrogen) atoms. The Bertz CT molecular complexity index is 439. The van der Waals surface area contributed by atoms with E-state index < -0.39 is 0 Å². The highest BCUT2D eigenvalue weighted by atomic mass is 79.9. The molecule has 2 fully saturated rings. The zero-order chi connectivity index (χ0) is 12.7. The van der Waals surface area contributed by atoms with E-state index in [4.69, 9.17) is 0 Å². The van der Waals surface area contributed by atoms with Gasteiger partial charge in [-0.05, 0) is 47.5 Å². The maximum absolute atomic E-state index is 12.3. The molecule has 0 aliphatic carbocycles. The second-order valence-electron chi connectivity index (χ2n) is 5.57. The number of halogens is 1. The van der Waals surface area contributed by atoms with Crippen LogP contribution in [0.2, 0.25) is 0 Å². The Kier molecular flexibility index (Phi) is 3.28. The van der Waals surface area contributed by atoms with Crippen LogP contribution in [-0.4, -0.2) is 27.6 Å². The van der Waals surface area contributed by atoms with E-state index in [2.05, 4.69) is 26.3 Å². The first-order chi connectivity index (χ1) is 8.63. The van der Waals surface area contributed by atoms with Crippen LogP contribution in [0.4, 0.5) is 0 Å². The van der Waals surface area contributed by atoms with E-state index in [1.165, 1.54) is 12.8 Å². The molecule has 1 aromatic heterocycles. The van der Waals surface area contributed by atoms with E-state index >= 15 is 0 Å². The first-order valence-electron chi connectivity index (χ1n) is 6.60. The summed E-state index contributed by atoms with van der Waals surface area (Å²) < 4.78 is 2.48. The van der Waals surface area contributed by atoms with Crippen molar-refractivity contribution in [3.63, 3.8) is 0 Å². The van der Waals surface area contributed by atoms with E-state index in [-0.39, 0.29) is 5.78 Å². The fourth-order valence-electron chi connectivity index (χ4n) is 3.43. The normalized spacial score (nSPS) is 30.7. The van der Waals surface area contributed by atoms with E-state index in [1.54, 1.807) is 10.9 Å². The molecular formula is C13H18BrN3O. The van der Waals surface area contributed by atoms with E-state index in [0.29, 0.717) is 30.1 Å². The third-order valence-electron chi connectivity index (χ3n) is 4.20. The van der Waals surface area contributed by atoms with Crippen LogP contribution in [0, 0.1) is 5.92 Å². The molecule has 2 aliphatic rings. The molecule has 2 unspecified atom stereocenters. The molecule has 4 nitrogen and oxygen atoms in total. The van der Waals surface area contributed by atoms with Gasteiger partial charge in [-0.25, -0.2) is 0 Å². The highest BCUT2D eigenvalue weighted by molar-refractivity contribution is 9.10. The molecule has 1 N–H and O–H groups in total. The predicted octanol–water partition coefficient (Wildman–Crippen LogP) is 2.29. The Balaban J connectivity index is 1.68. The smallest absolute Gasteiger partial charge is 0.182 e. The van der Waals surface area contributed by atoms with Crippen molar-refractivity contribution in [2.24, 2.45) is 13.0 Å². The van der Waals surface area contributed by atoms with Crippen molar-refractivity contribution in [2.45, 2.75) is 44.2 Å². The zero-order valence-corrected chi connectivity index (χ0v) is 12.1. The van der Waals surface area contributed by atoms with Crippen molar-refractivity contribution in [3.8, 4) is 0 Å². The number of Topliss-reactive ketones (excluding diaryl/α,β-unsaturated/α-hetero) is 1. The fourth-order valence-corrected chi connectivity index (χ4v) is 3.99.